The molecule has 140 valence electrons. The van der Waals surface area contributed by atoms with Crippen molar-refractivity contribution in [3.05, 3.63) is 0 Å². The average Bonchev–Trinajstić information content (AvgIpc) is 2.97. The monoisotopic (exact) mass is 355 g/mol. The molecule has 2 rings (SSSR count). The van der Waals surface area contributed by atoms with Crippen molar-refractivity contribution in [1.29, 1.82) is 0 Å². The number of nitrogens with one attached hydrogen (secondary N) is 2. The second-order valence-corrected chi connectivity index (χ2v) is 6.59. The Morgan fingerprint density at radius 1 is 1.20 bits per heavy atom. The van der Waals surface area contributed by atoms with Crippen molar-refractivity contribution < 1.29 is 29.0 Å². The number of amides is 3. The van der Waals surface area contributed by atoms with E-state index in [1.165, 1.54) is 11.8 Å². The molecule has 0 aromatic rings. The zero-order valence-corrected chi connectivity index (χ0v) is 14.4. The first-order valence-corrected chi connectivity index (χ1v) is 8.45. The van der Waals surface area contributed by atoms with E-state index in [0.29, 0.717) is 39.3 Å². The summed E-state index contributed by atoms with van der Waals surface area (Å²) in [6.07, 6.45) is 0.478. The Morgan fingerprint density at radius 3 is 2.56 bits per heavy atom. The van der Waals surface area contributed by atoms with Gasteiger partial charge in [-0.15, -0.1) is 0 Å². The first kappa shape index (κ1) is 19.2. The summed E-state index contributed by atoms with van der Waals surface area (Å²) in [6, 6.07) is 0. The fourth-order valence-electron chi connectivity index (χ4n) is 3.40. The summed E-state index contributed by atoms with van der Waals surface area (Å²) >= 11 is 0. The molecule has 0 radical (unpaired) electrons. The molecule has 0 aromatic heterocycles. The minimum absolute atomic E-state index is 0.0370. The molecule has 3 N–H and O–H groups in total. The Hall–Kier alpha value is -2.16. The number of likely N-dealkylation sites (tertiary alicyclic amines) is 1. The lowest BCUT2D eigenvalue weighted by Crippen LogP contribution is -2.45. The summed E-state index contributed by atoms with van der Waals surface area (Å²) in [4.78, 5) is 48.0. The lowest BCUT2D eigenvalue weighted by Gasteiger charge is -2.33. The molecule has 9 heteroatoms. The molecule has 2 aliphatic rings. The van der Waals surface area contributed by atoms with Crippen molar-refractivity contribution in [2.75, 3.05) is 39.4 Å². The van der Waals surface area contributed by atoms with Crippen molar-refractivity contribution in [3.63, 3.8) is 0 Å². The number of hydrogen-bond acceptors (Lipinski definition) is 5. The van der Waals surface area contributed by atoms with Crippen LogP contribution in [0.3, 0.4) is 0 Å². The Kier molecular flexibility index (Phi) is 6.35. The zero-order chi connectivity index (χ0) is 18.4. The highest BCUT2D eigenvalue weighted by Crippen LogP contribution is 2.42. The van der Waals surface area contributed by atoms with Crippen LogP contribution in [-0.4, -0.2) is 73.1 Å². The predicted octanol–water partition coefficient (Wildman–Crippen LogP) is -1.03. The van der Waals surface area contributed by atoms with Gasteiger partial charge in [-0.2, -0.15) is 0 Å². The Labute approximate surface area is 146 Å². The molecule has 3 amide bonds. The maximum Gasteiger partial charge on any atom is 0.311 e. The molecule has 0 saturated carbocycles. The largest absolute Gasteiger partial charge is 0.481 e. The van der Waals surface area contributed by atoms with E-state index in [2.05, 4.69) is 10.6 Å². The Bertz CT molecular complexity index is 552. The highest BCUT2D eigenvalue weighted by atomic mass is 16.5. The summed E-state index contributed by atoms with van der Waals surface area (Å²) in [7, 11) is 0. The number of carbonyl (C=O) groups excluding carboxylic acids is 3. The predicted molar refractivity (Wildman–Crippen MR) is 86.5 cm³/mol. The summed E-state index contributed by atoms with van der Waals surface area (Å²) < 4.78 is 5.36. The smallest absolute Gasteiger partial charge is 0.311 e. The first-order chi connectivity index (χ1) is 11.8. The number of nitrogens with zero attached hydrogens (tertiary/aromatic N) is 1. The highest BCUT2D eigenvalue weighted by molar-refractivity contribution is 5.85. The van der Waals surface area contributed by atoms with Crippen LogP contribution in [0.5, 0.6) is 0 Å². The van der Waals surface area contributed by atoms with E-state index < -0.39 is 11.4 Å². The average molecular weight is 355 g/mol. The molecule has 2 heterocycles. The second kappa shape index (κ2) is 8.28. The molecule has 0 spiro atoms. The van der Waals surface area contributed by atoms with Crippen molar-refractivity contribution >= 4 is 23.7 Å². The first-order valence-electron chi connectivity index (χ1n) is 8.45. The van der Waals surface area contributed by atoms with E-state index in [1.54, 1.807) is 0 Å². The minimum Gasteiger partial charge on any atom is -0.481 e. The molecule has 2 saturated heterocycles. The second-order valence-electron chi connectivity index (χ2n) is 6.59. The van der Waals surface area contributed by atoms with Crippen molar-refractivity contribution in [1.82, 2.24) is 15.5 Å². The van der Waals surface area contributed by atoms with E-state index in [-0.39, 0.29) is 43.0 Å². The lowest BCUT2D eigenvalue weighted by molar-refractivity contribution is -0.157. The summed E-state index contributed by atoms with van der Waals surface area (Å²) in [5, 5.41) is 14.8. The minimum atomic E-state index is -0.922. The Balaban J connectivity index is 1.77. The Morgan fingerprint density at radius 2 is 1.92 bits per heavy atom. The number of aliphatic carboxylic acids is 1. The molecule has 0 bridgehead atoms. The van der Waals surface area contributed by atoms with Gasteiger partial charge in [0, 0.05) is 58.5 Å². The van der Waals surface area contributed by atoms with Crippen LogP contribution < -0.4 is 10.6 Å². The van der Waals surface area contributed by atoms with Gasteiger partial charge in [-0.25, -0.2) is 0 Å². The van der Waals surface area contributed by atoms with Gasteiger partial charge in [0.25, 0.3) is 0 Å². The van der Waals surface area contributed by atoms with Gasteiger partial charge in [-0.1, -0.05) is 0 Å². The fourth-order valence-corrected chi connectivity index (χ4v) is 3.40. The van der Waals surface area contributed by atoms with Crippen LogP contribution in [-0.2, 0) is 23.9 Å². The molecule has 2 fully saturated rings. The zero-order valence-electron chi connectivity index (χ0n) is 14.4. The lowest BCUT2D eigenvalue weighted by atomic mass is 9.74. The topological polar surface area (TPSA) is 125 Å². The third kappa shape index (κ3) is 4.68. The van der Waals surface area contributed by atoms with E-state index in [4.69, 9.17) is 4.74 Å². The van der Waals surface area contributed by atoms with E-state index in [1.807, 2.05) is 0 Å². The van der Waals surface area contributed by atoms with Crippen molar-refractivity contribution in [2.24, 2.45) is 11.3 Å². The number of fused-ring (bicyclic) bond motifs is 1. The number of ether oxygens (including phenoxy) is 1. The third-order valence-corrected chi connectivity index (χ3v) is 4.87. The number of carboxylic acids is 1. The number of rotatable bonds is 7. The molecule has 0 aliphatic carbocycles. The van der Waals surface area contributed by atoms with Crippen LogP contribution >= 0.6 is 0 Å². The van der Waals surface area contributed by atoms with Gasteiger partial charge in [-0.3, -0.25) is 19.2 Å². The molecule has 9 nitrogen and oxygen atoms in total. The van der Waals surface area contributed by atoms with E-state index >= 15 is 0 Å². The molecular formula is C16H25N3O6. The maximum absolute atomic E-state index is 12.3. The quantitative estimate of drug-likeness (QED) is 0.502. The standard InChI is InChI=1S/C16H25N3O6/c1-11(20)17-5-6-18-13(21)2-3-14(22)19-8-12-9-25-7-4-16(12,10-19)15(23)24/h12H,2-10H2,1H3,(H,17,20)(H,18,21)(H,23,24)/t12-,16+/m0/s1. The van der Waals surface area contributed by atoms with Crippen LogP contribution in [0.4, 0.5) is 0 Å². The van der Waals surface area contributed by atoms with Gasteiger partial charge in [0.05, 0.1) is 12.0 Å². The fraction of sp³-hybridized carbons (Fsp3) is 0.750. The van der Waals surface area contributed by atoms with Gasteiger partial charge in [0.2, 0.25) is 17.7 Å². The highest BCUT2D eigenvalue weighted by Gasteiger charge is 2.54. The third-order valence-electron chi connectivity index (χ3n) is 4.87. The van der Waals surface area contributed by atoms with Gasteiger partial charge >= 0.3 is 5.97 Å². The van der Waals surface area contributed by atoms with Gasteiger partial charge < -0.3 is 25.4 Å². The summed E-state index contributed by atoms with van der Waals surface area (Å²) in [5.74, 6) is -1.74. The van der Waals surface area contributed by atoms with Crippen molar-refractivity contribution in [2.45, 2.75) is 26.2 Å². The number of carboxylic acid groups (broad SMARTS) is 1. The molecule has 0 aromatic carbocycles. The van der Waals surface area contributed by atoms with Gasteiger partial charge in [-0.05, 0) is 6.42 Å². The SMILES string of the molecule is CC(=O)NCCNC(=O)CCC(=O)N1C[C@H]2COCC[C@@]2(C(=O)O)C1. The number of hydrogen-bond donors (Lipinski definition) is 3. The molecular weight excluding hydrogens is 330 g/mol. The molecule has 25 heavy (non-hydrogen) atoms. The van der Waals surface area contributed by atoms with Crippen LogP contribution in [0.15, 0.2) is 0 Å². The van der Waals surface area contributed by atoms with E-state index in [0.717, 1.165) is 0 Å². The van der Waals surface area contributed by atoms with Crippen LogP contribution in [0.25, 0.3) is 0 Å². The van der Waals surface area contributed by atoms with Crippen LogP contribution in [0.1, 0.15) is 26.2 Å². The maximum atomic E-state index is 12.3. The van der Waals surface area contributed by atoms with Crippen molar-refractivity contribution in [3.8, 4) is 0 Å². The van der Waals surface area contributed by atoms with Crippen LogP contribution in [0.2, 0.25) is 0 Å². The van der Waals surface area contributed by atoms with Crippen LogP contribution in [0, 0.1) is 11.3 Å². The molecule has 2 atom stereocenters. The molecule has 0 unspecified atom stereocenters. The normalized spacial score (nSPS) is 25.2. The van der Waals surface area contributed by atoms with Gasteiger partial charge in [0.1, 0.15) is 0 Å². The molecule has 2 aliphatic heterocycles. The summed E-state index contributed by atoms with van der Waals surface area (Å²) in [6.45, 7) is 3.31. The van der Waals surface area contributed by atoms with E-state index in [9.17, 15) is 24.3 Å². The number of carbonyl (C=O) groups is 4. The van der Waals surface area contributed by atoms with Gasteiger partial charge in [0.15, 0.2) is 0 Å². The summed E-state index contributed by atoms with van der Waals surface area (Å²) in [5.41, 5.74) is -0.922.